The fourth-order valence-corrected chi connectivity index (χ4v) is 1.33. The molecule has 0 unspecified atom stereocenters. The molecule has 0 atom stereocenters. The van der Waals surface area contributed by atoms with E-state index >= 15 is 0 Å². The number of aromatic nitrogens is 3. The molecule has 0 aliphatic heterocycles. The van der Waals surface area contributed by atoms with Crippen LogP contribution in [0.25, 0.3) is 11.0 Å². The zero-order valence-electron chi connectivity index (χ0n) is 7.97. The molecule has 0 aliphatic carbocycles. The van der Waals surface area contributed by atoms with Gasteiger partial charge in [-0.1, -0.05) is 5.21 Å². The summed E-state index contributed by atoms with van der Waals surface area (Å²) in [5.41, 5.74) is 8.14. The molecule has 2 N–H and O–H groups in total. The summed E-state index contributed by atoms with van der Waals surface area (Å²) in [7, 11) is 1.66. The Balaban J connectivity index is 2.37. The van der Waals surface area contributed by atoms with Crippen molar-refractivity contribution in [2.75, 3.05) is 19.5 Å². The molecule has 1 aromatic heterocycles. The van der Waals surface area contributed by atoms with Crippen LogP contribution in [0.2, 0.25) is 0 Å². The summed E-state index contributed by atoms with van der Waals surface area (Å²) in [6.07, 6.45) is 0. The van der Waals surface area contributed by atoms with E-state index in [0.717, 1.165) is 11.0 Å². The van der Waals surface area contributed by atoms with E-state index in [1.807, 2.05) is 18.2 Å². The van der Waals surface area contributed by atoms with Gasteiger partial charge in [0.25, 0.3) is 0 Å². The van der Waals surface area contributed by atoms with Crippen LogP contribution in [0.1, 0.15) is 0 Å². The highest BCUT2D eigenvalue weighted by Gasteiger charge is 2.03. The molecule has 0 amide bonds. The van der Waals surface area contributed by atoms with Gasteiger partial charge in [-0.05, 0) is 18.2 Å². The Bertz CT molecular complexity index is 437. The molecule has 5 heteroatoms. The number of fused-ring (bicyclic) bond motifs is 1. The lowest BCUT2D eigenvalue weighted by molar-refractivity contribution is 0.184. The zero-order valence-corrected chi connectivity index (χ0v) is 7.97. The normalized spacial score (nSPS) is 10.9. The zero-order chi connectivity index (χ0) is 9.97. The van der Waals surface area contributed by atoms with Gasteiger partial charge in [0.15, 0.2) is 0 Å². The van der Waals surface area contributed by atoms with Gasteiger partial charge in [-0.25, -0.2) is 4.68 Å². The molecule has 2 aromatic rings. The highest BCUT2D eigenvalue weighted by Crippen LogP contribution is 2.14. The molecule has 14 heavy (non-hydrogen) atoms. The first-order valence-corrected chi connectivity index (χ1v) is 4.39. The topological polar surface area (TPSA) is 66.0 Å². The number of nitrogens with zero attached hydrogens (tertiary/aromatic N) is 3. The Kier molecular flexibility index (Phi) is 2.32. The molecular formula is C9H12N4O. The molecule has 0 saturated carbocycles. The van der Waals surface area contributed by atoms with E-state index in [1.165, 1.54) is 0 Å². The summed E-state index contributed by atoms with van der Waals surface area (Å²) in [4.78, 5) is 0. The Hall–Kier alpha value is -1.62. The molecule has 0 spiro atoms. The van der Waals surface area contributed by atoms with Crippen LogP contribution in [0, 0.1) is 0 Å². The minimum absolute atomic E-state index is 0.628. The van der Waals surface area contributed by atoms with Gasteiger partial charge in [-0.15, -0.1) is 5.10 Å². The van der Waals surface area contributed by atoms with Crippen LogP contribution >= 0.6 is 0 Å². The van der Waals surface area contributed by atoms with Gasteiger partial charge in [0.2, 0.25) is 0 Å². The molecule has 1 aromatic carbocycles. The fourth-order valence-electron chi connectivity index (χ4n) is 1.33. The van der Waals surface area contributed by atoms with Gasteiger partial charge < -0.3 is 10.5 Å². The number of nitrogens with two attached hydrogens (primary N) is 1. The van der Waals surface area contributed by atoms with Gasteiger partial charge in [0.1, 0.15) is 5.52 Å². The smallest absolute Gasteiger partial charge is 0.115 e. The Morgan fingerprint density at radius 2 is 2.36 bits per heavy atom. The maximum Gasteiger partial charge on any atom is 0.115 e. The van der Waals surface area contributed by atoms with Crippen molar-refractivity contribution in [3.8, 4) is 0 Å². The van der Waals surface area contributed by atoms with Crippen molar-refractivity contribution in [2.24, 2.45) is 0 Å². The molecule has 0 saturated heterocycles. The standard InChI is InChI=1S/C9H12N4O/c1-14-5-4-13-9-3-2-7(10)6-8(9)11-12-13/h2-3,6H,4-5,10H2,1H3. The molecule has 2 rings (SSSR count). The molecule has 74 valence electrons. The maximum atomic E-state index is 5.63. The highest BCUT2D eigenvalue weighted by molar-refractivity contribution is 5.77. The van der Waals surface area contributed by atoms with Crippen molar-refractivity contribution in [1.82, 2.24) is 15.0 Å². The third kappa shape index (κ3) is 1.54. The average molecular weight is 192 g/mol. The molecule has 0 aliphatic rings. The number of rotatable bonds is 3. The summed E-state index contributed by atoms with van der Waals surface area (Å²) in [6, 6.07) is 5.57. The predicted molar refractivity (Wildman–Crippen MR) is 53.8 cm³/mol. The average Bonchev–Trinajstić information content (AvgIpc) is 2.57. The lowest BCUT2D eigenvalue weighted by Crippen LogP contribution is -2.05. The fraction of sp³-hybridized carbons (Fsp3) is 0.333. The monoisotopic (exact) mass is 192 g/mol. The summed E-state index contributed by atoms with van der Waals surface area (Å²) >= 11 is 0. The van der Waals surface area contributed by atoms with E-state index < -0.39 is 0 Å². The molecule has 0 fully saturated rings. The van der Waals surface area contributed by atoms with Crippen LogP contribution in [-0.2, 0) is 11.3 Å². The van der Waals surface area contributed by atoms with Crippen LogP contribution in [-0.4, -0.2) is 28.7 Å². The van der Waals surface area contributed by atoms with Crippen LogP contribution in [0.4, 0.5) is 5.69 Å². The van der Waals surface area contributed by atoms with E-state index in [4.69, 9.17) is 10.5 Å². The largest absolute Gasteiger partial charge is 0.399 e. The molecular weight excluding hydrogens is 180 g/mol. The number of nitrogen functional groups attached to an aromatic ring is 1. The van der Waals surface area contributed by atoms with Gasteiger partial charge >= 0.3 is 0 Å². The van der Waals surface area contributed by atoms with Crippen molar-refractivity contribution in [1.29, 1.82) is 0 Å². The summed E-state index contributed by atoms with van der Waals surface area (Å²) in [5, 5.41) is 8.01. The van der Waals surface area contributed by atoms with Gasteiger partial charge in [-0.2, -0.15) is 0 Å². The second-order valence-electron chi connectivity index (χ2n) is 3.05. The number of methoxy groups -OCH3 is 1. The number of benzene rings is 1. The molecule has 0 radical (unpaired) electrons. The Labute approximate surface area is 81.5 Å². The third-order valence-electron chi connectivity index (χ3n) is 2.05. The second kappa shape index (κ2) is 3.63. The van der Waals surface area contributed by atoms with Crippen molar-refractivity contribution in [2.45, 2.75) is 6.54 Å². The van der Waals surface area contributed by atoms with Crippen LogP contribution in [0.15, 0.2) is 18.2 Å². The van der Waals surface area contributed by atoms with E-state index in [0.29, 0.717) is 18.8 Å². The molecule has 5 nitrogen and oxygen atoms in total. The lowest BCUT2D eigenvalue weighted by Gasteiger charge is -2.00. The van der Waals surface area contributed by atoms with Crippen LogP contribution < -0.4 is 5.73 Å². The van der Waals surface area contributed by atoms with E-state index in [-0.39, 0.29) is 0 Å². The summed E-state index contributed by atoms with van der Waals surface area (Å²) in [6.45, 7) is 1.33. The van der Waals surface area contributed by atoms with E-state index in [9.17, 15) is 0 Å². The number of hydrogen-bond acceptors (Lipinski definition) is 4. The quantitative estimate of drug-likeness (QED) is 0.725. The number of hydrogen-bond donors (Lipinski definition) is 1. The van der Waals surface area contributed by atoms with Gasteiger partial charge in [-0.3, -0.25) is 0 Å². The minimum atomic E-state index is 0.628. The van der Waals surface area contributed by atoms with Gasteiger partial charge in [0.05, 0.1) is 18.7 Å². The SMILES string of the molecule is COCCn1nnc2cc(N)ccc21. The van der Waals surface area contributed by atoms with Crippen LogP contribution in [0.3, 0.4) is 0 Å². The van der Waals surface area contributed by atoms with Crippen molar-refractivity contribution < 1.29 is 4.74 Å². The number of anilines is 1. The van der Waals surface area contributed by atoms with E-state index in [2.05, 4.69) is 10.3 Å². The summed E-state index contributed by atoms with van der Waals surface area (Å²) < 4.78 is 6.78. The van der Waals surface area contributed by atoms with E-state index in [1.54, 1.807) is 11.8 Å². The second-order valence-corrected chi connectivity index (χ2v) is 3.05. The maximum absolute atomic E-state index is 5.63. The third-order valence-corrected chi connectivity index (χ3v) is 2.05. The first-order chi connectivity index (χ1) is 6.81. The highest BCUT2D eigenvalue weighted by atomic mass is 16.5. The van der Waals surface area contributed by atoms with Crippen molar-refractivity contribution >= 4 is 16.7 Å². The number of ether oxygens (including phenoxy) is 1. The van der Waals surface area contributed by atoms with Crippen molar-refractivity contribution in [3.05, 3.63) is 18.2 Å². The first-order valence-electron chi connectivity index (χ1n) is 4.39. The predicted octanol–water partition coefficient (Wildman–Crippen LogP) is 0.660. The summed E-state index contributed by atoms with van der Waals surface area (Å²) in [5.74, 6) is 0. The molecule has 1 heterocycles. The van der Waals surface area contributed by atoms with Crippen LogP contribution in [0.5, 0.6) is 0 Å². The Morgan fingerprint density at radius 1 is 1.50 bits per heavy atom. The Morgan fingerprint density at radius 3 is 3.14 bits per heavy atom. The lowest BCUT2D eigenvalue weighted by atomic mass is 10.3. The molecule has 0 bridgehead atoms. The first kappa shape index (κ1) is 8.96. The van der Waals surface area contributed by atoms with Crippen molar-refractivity contribution in [3.63, 3.8) is 0 Å². The van der Waals surface area contributed by atoms with Gasteiger partial charge in [0, 0.05) is 12.8 Å². The minimum Gasteiger partial charge on any atom is -0.399 e.